The molecule has 11 heteroatoms. The van der Waals surface area contributed by atoms with E-state index in [1.165, 1.54) is 61.1 Å². The van der Waals surface area contributed by atoms with Gasteiger partial charge in [0, 0.05) is 19.2 Å². The summed E-state index contributed by atoms with van der Waals surface area (Å²) in [5.41, 5.74) is 0.457. The van der Waals surface area contributed by atoms with Crippen LogP contribution in [0.1, 0.15) is 58.3 Å². The van der Waals surface area contributed by atoms with Gasteiger partial charge in [-0.1, -0.05) is 105 Å². The lowest BCUT2D eigenvalue weighted by Gasteiger charge is -2.27. The number of nitrogens with one attached hydrogen (secondary N) is 4. The van der Waals surface area contributed by atoms with Gasteiger partial charge in [-0.05, 0) is 55.7 Å². The third-order valence-electron chi connectivity index (χ3n) is 8.18. The van der Waals surface area contributed by atoms with E-state index in [4.69, 9.17) is 0 Å². The summed E-state index contributed by atoms with van der Waals surface area (Å²) in [7, 11) is -1.75. The molecule has 8 nitrogen and oxygen atoms in total. The number of unbranched alkanes of at least 4 members (excludes halogenated alkanes) is 7. The molecule has 0 aliphatic heterocycles. The highest BCUT2D eigenvalue weighted by atomic mass is 79.9. The van der Waals surface area contributed by atoms with E-state index in [1.807, 2.05) is 0 Å². The number of benzene rings is 3. The van der Waals surface area contributed by atoms with Crippen molar-refractivity contribution >= 4 is 57.8 Å². The van der Waals surface area contributed by atoms with Gasteiger partial charge >= 0.3 is 0 Å². The second-order valence-corrected chi connectivity index (χ2v) is 16.8. The summed E-state index contributed by atoms with van der Waals surface area (Å²) in [5.74, 6) is -0.808. The van der Waals surface area contributed by atoms with Crippen LogP contribution in [0.3, 0.4) is 0 Å². The summed E-state index contributed by atoms with van der Waals surface area (Å²) in [6, 6.07) is 33.3. The molecule has 0 aliphatic rings. The summed E-state index contributed by atoms with van der Waals surface area (Å²) in [4.78, 5) is 46.7. The Labute approximate surface area is 313 Å². The summed E-state index contributed by atoms with van der Waals surface area (Å²) < 4.78 is 0. The number of hydrogen-bond donors (Lipinski definition) is 4. The van der Waals surface area contributed by atoms with E-state index in [1.54, 1.807) is 0 Å². The smallest absolute Gasteiger partial charge is 0.239 e. The first kappa shape index (κ1) is 42.7. The normalized spacial score (nSPS) is 10.7. The van der Waals surface area contributed by atoms with E-state index in [2.05, 4.69) is 119 Å². The van der Waals surface area contributed by atoms with Gasteiger partial charge in [0.1, 0.15) is 23.2 Å². The zero-order valence-electron chi connectivity index (χ0n) is 29.1. The Morgan fingerprint density at radius 3 is 1.48 bits per heavy atom. The van der Waals surface area contributed by atoms with Crippen LogP contribution in [0, 0.1) is 0 Å². The Balaban J connectivity index is 0.00000867. The van der Waals surface area contributed by atoms with Gasteiger partial charge in [0.05, 0.1) is 31.5 Å². The van der Waals surface area contributed by atoms with Gasteiger partial charge in [-0.3, -0.25) is 19.2 Å². The van der Waals surface area contributed by atoms with Gasteiger partial charge in [-0.25, -0.2) is 0 Å². The van der Waals surface area contributed by atoms with Gasteiger partial charge in [-0.15, -0.1) is 0 Å². The molecule has 3 amide bonds. The summed E-state index contributed by atoms with van der Waals surface area (Å²) in [6.45, 7) is 5.75. The van der Waals surface area contributed by atoms with Crippen molar-refractivity contribution in [3.05, 3.63) is 103 Å². The van der Waals surface area contributed by atoms with E-state index in [0.717, 1.165) is 31.0 Å². The van der Waals surface area contributed by atoms with E-state index in [-0.39, 0.29) is 65.2 Å². The van der Waals surface area contributed by atoms with Crippen LogP contribution in [-0.2, 0) is 19.2 Å². The minimum Gasteiger partial charge on any atom is -1.00 e. The first-order valence-corrected chi connectivity index (χ1v) is 20.2. The minimum atomic E-state index is -1.75. The van der Waals surface area contributed by atoms with Crippen LogP contribution in [0.25, 0.3) is 0 Å². The molecule has 3 rings (SSSR count). The van der Waals surface area contributed by atoms with Crippen molar-refractivity contribution in [1.29, 1.82) is 0 Å². The Hall–Kier alpha value is -3.46. The molecule has 0 saturated carbocycles. The van der Waals surface area contributed by atoms with Crippen molar-refractivity contribution in [2.75, 3.05) is 38.1 Å². The molecule has 0 unspecified atom stereocenters. The fourth-order valence-electron chi connectivity index (χ4n) is 5.64. The SMILES string of the molecule is C=C(CNC(=O)CSC(C)=O)NCC(=O)NCC(=O)NCCCCCCCCCC[P+](c1ccccc1)(c1ccccc1)c1ccccc1.[Br-]. The lowest BCUT2D eigenvalue weighted by molar-refractivity contribution is -0.125. The average Bonchev–Trinajstić information content (AvgIpc) is 3.13. The van der Waals surface area contributed by atoms with Crippen LogP contribution < -0.4 is 54.2 Å². The molecule has 0 saturated heterocycles. The molecule has 3 aromatic carbocycles. The van der Waals surface area contributed by atoms with Gasteiger partial charge in [0.25, 0.3) is 0 Å². The molecule has 0 aromatic heterocycles. The molecule has 50 heavy (non-hydrogen) atoms. The monoisotopic (exact) mass is 782 g/mol. The minimum absolute atomic E-state index is 0. The molecule has 0 atom stereocenters. The van der Waals surface area contributed by atoms with Gasteiger partial charge < -0.3 is 38.2 Å². The molecular formula is C39H52BrN4O4PS. The second-order valence-electron chi connectivity index (χ2n) is 12.0. The number of hydrogen-bond acceptors (Lipinski definition) is 6. The van der Waals surface area contributed by atoms with Crippen molar-refractivity contribution in [3.8, 4) is 0 Å². The molecule has 0 spiro atoms. The fraction of sp³-hybridized carbons (Fsp3) is 0.385. The molecule has 0 heterocycles. The molecule has 0 radical (unpaired) electrons. The lowest BCUT2D eigenvalue weighted by Crippen LogP contribution is -3.00. The van der Waals surface area contributed by atoms with Crippen molar-refractivity contribution in [1.82, 2.24) is 21.3 Å². The highest BCUT2D eigenvalue weighted by Gasteiger charge is 2.44. The third-order valence-corrected chi connectivity index (χ3v) is 13.5. The second kappa shape index (κ2) is 24.6. The highest BCUT2D eigenvalue weighted by molar-refractivity contribution is 8.14. The van der Waals surface area contributed by atoms with Crippen molar-refractivity contribution in [2.24, 2.45) is 0 Å². The fourth-order valence-corrected chi connectivity index (χ4v) is 10.5. The summed E-state index contributed by atoms with van der Waals surface area (Å²) >= 11 is 0.928. The van der Waals surface area contributed by atoms with Gasteiger partial charge in [-0.2, -0.15) is 0 Å². The average molecular weight is 784 g/mol. The largest absolute Gasteiger partial charge is 1.00 e. The van der Waals surface area contributed by atoms with E-state index in [0.29, 0.717) is 12.2 Å². The van der Waals surface area contributed by atoms with Gasteiger partial charge in [0.15, 0.2) is 5.12 Å². The molecule has 0 aliphatic carbocycles. The van der Waals surface area contributed by atoms with E-state index < -0.39 is 7.26 Å². The van der Waals surface area contributed by atoms with Crippen LogP contribution in [0.15, 0.2) is 103 Å². The molecule has 0 fully saturated rings. The predicted molar refractivity (Wildman–Crippen MR) is 206 cm³/mol. The number of halogens is 1. The first-order valence-electron chi connectivity index (χ1n) is 17.2. The van der Waals surface area contributed by atoms with Crippen LogP contribution in [0.2, 0.25) is 0 Å². The standard InChI is InChI=1S/C39H51N4O4PS.BrH/c1-32(28-42-39(47)31-49-33(2)44)41-29-38(46)43-30-37(45)40-26-18-7-5-3-4-6-8-19-27-48(34-20-12-9-13-21-34,35-22-14-10-15-23-35)36-24-16-11-17-25-36;/h9-17,20-25,41H,1,3-8,18-19,26-31H2,2H3,(H2-,40,42,43,45,46,47);1H. The molecule has 0 bridgehead atoms. The maximum absolute atomic E-state index is 12.1. The predicted octanol–water partition coefficient (Wildman–Crippen LogP) is 1.84. The Morgan fingerprint density at radius 2 is 0.980 bits per heavy atom. The van der Waals surface area contributed by atoms with Crippen LogP contribution >= 0.6 is 19.0 Å². The van der Waals surface area contributed by atoms with Gasteiger partial charge in [0.2, 0.25) is 17.7 Å². The maximum Gasteiger partial charge on any atom is 0.239 e. The van der Waals surface area contributed by atoms with Crippen molar-refractivity contribution in [2.45, 2.75) is 58.3 Å². The first-order chi connectivity index (χ1) is 23.8. The molecule has 4 N–H and O–H groups in total. The number of thioether (sulfide) groups is 1. The van der Waals surface area contributed by atoms with Crippen molar-refractivity contribution < 1.29 is 36.2 Å². The Morgan fingerprint density at radius 1 is 0.560 bits per heavy atom. The zero-order chi connectivity index (χ0) is 35.2. The molecule has 270 valence electrons. The highest BCUT2D eigenvalue weighted by Crippen LogP contribution is 2.56. The Kier molecular flexibility index (Phi) is 21.1. The van der Waals surface area contributed by atoms with Crippen LogP contribution in [0.4, 0.5) is 0 Å². The lowest BCUT2D eigenvalue weighted by atomic mass is 10.1. The number of amides is 3. The Bertz CT molecular complexity index is 1370. The summed E-state index contributed by atoms with van der Waals surface area (Å²) in [6.07, 6.45) is 10.3. The molecule has 3 aromatic rings. The van der Waals surface area contributed by atoms with E-state index in [9.17, 15) is 19.2 Å². The molecular weight excluding hydrogens is 731 g/mol. The topological polar surface area (TPSA) is 116 Å². The summed E-state index contributed by atoms with van der Waals surface area (Å²) in [5, 5.41) is 15.1. The van der Waals surface area contributed by atoms with E-state index >= 15 is 0 Å². The zero-order valence-corrected chi connectivity index (χ0v) is 32.4. The van der Waals surface area contributed by atoms with Crippen molar-refractivity contribution in [3.63, 3.8) is 0 Å². The number of carbonyl (C=O) groups is 4. The quantitative estimate of drug-likeness (QED) is 0.0863. The maximum atomic E-state index is 12.1. The van der Waals surface area contributed by atoms with Crippen LogP contribution in [-0.4, -0.2) is 60.9 Å². The number of carbonyl (C=O) groups excluding carboxylic acids is 4. The third kappa shape index (κ3) is 15.6. The van der Waals surface area contributed by atoms with Crippen LogP contribution in [0.5, 0.6) is 0 Å². The number of rotatable bonds is 23.